The summed E-state index contributed by atoms with van der Waals surface area (Å²) in [5, 5.41) is 12.3. The van der Waals surface area contributed by atoms with Crippen LogP contribution in [0.25, 0.3) is 11.0 Å². The van der Waals surface area contributed by atoms with Crippen molar-refractivity contribution in [2.75, 3.05) is 27.3 Å². The number of rotatable bonds is 5. The van der Waals surface area contributed by atoms with Crippen molar-refractivity contribution >= 4 is 28.5 Å². The summed E-state index contributed by atoms with van der Waals surface area (Å²) in [6.07, 6.45) is 0.739. The van der Waals surface area contributed by atoms with Crippen LogP contribution in [0.2, 0.25) is 5.02 Å². The Balaban J connectivity index is 1.54. The molecule has 2 aromatic carbocycles. The summed E-state index contributed by atoms with van der Waals surface area (Å²) < 4.78 is 16.2. The van der Waals surface area contributed by atoms with E-state index in [2.05, 4.69) is 0 Å². The number of methoxy groups -OCH3 is 2. The second kappa shape index (κ2) is 9.08. The fourth-order valence-electron chi connectivity index (χ4n) is 4.41. The van der Waals surface area contributed by atoms with Crippen LogP contribution in [-0.4, -0.2) is 43.2 Å². The highest BCUT2D eigenvalue weighted by Gasteiger charge is 2.35. The number of hydrogen-bond donors (Lipinski definition) is 1. The minimum atomic E-state index is -1.01. The minimum Gasteiger partial charge on any atom is -0.493 e. The highest BCUT2D eigenvalue weighted by atomic mass is 35.5. The van der Waals surface area contributed by atoms with E-state index >= 15 is 0 Å². The number of aryl methyl sites for hydroxylation is 1. The molecule has 33 heavy (non-hydrogen) atoms. The Morgan fingerprint density at radius 3 is 2.39 bits per heavy atom. The van der Waals surface area contributed by atoms with Crippen LogP contribution >= 0.6 is 11.6 Å². The zero-order valence-corrected chi connectivity index (χ0v) is 19.6. The van der Waals surface area contributed by atoms with Crippen LogP contribution < -0.4 is 15.1 Å². The minimum absolute atomic E-state index is 0.0716. The number of fused-ring (bicyclic) bond motifs is 1. The second-order valence-electron chi connectivity index (χ2n) is 8.27. The Morgan fingerprint density at radius 2 is 1.79 bits per heavy atom. The molecular formula is C25H26ClNO6. The van der Waals surface area contributed by atoms with Crippen LogP contribution in [0.5, 0.6) is 11.5 Å². The maximum absolute atomic E-state index is 13.0. The molecule has 0 bridgehead atoms. The predicted molar refractivity (Wildman–Crippen MR) is 125 cm³/mol. The van der Waals surface area contributed by atoms with Gasteiger partial charge in [-0.25, -0.2) is 4.79 Å². The molecule has 8 heteroatoms. The van der Waals surface area contributed by atoms with Gasteiger partial charge in [-0.3, -0.25) is 4.79 Å². The summed E-state index contributed by atoms with van der Waals surface area (Å²) in [7, 11) is 2.99. The maximum atomic E-state index is 13.0. The number of carbonyl (C=O) groups excluding carboxylic acids is 1. The molecule has 0 atom stereocenters. The maximum Gasteiger partial charge on any atom is 0.340 e. The van der Waals surface area contributed by atoms with Gasteiger partial charge < -0.3 is 23.9 Å². The van der Waals surface area contributed by atoms with Gasteiger partial charge in [0.05, 0.1) is 31.8 Å². The topological polar surface area (TPSA) is 89.2 Å². The van der Waals surface area contributed by atoms with E-state index in [9.17, 15) is 14.7 Å². The average Bonchev–Trinajstić information content (AvgIpc) is 2.81. The highest BCUT2D eigenvalue weighted by molar-refractivity contribution is 6.30. The SMILES string of the molecule is COc1ccc2c(C)c(CC(=O)N3CCC(O)(c4ccc(Cl)cc4)CC3)c(=O)oc2c1OC. The molecule has 174 valence electrons. The molecule has 4 rings (SSSR count). The lowest BCUT2D eigenvalue weighted by molar-refractivity contribution is -0.135. The van der Waals surface area contributed by atoms with E-state index in [4.69, 9.17) is 25.5 Å². The lowest BCUT2D eigenvalue weighted by atomic mass is 9.84. The summed E-state index contributed by atoms with van der Waals surface area (Å²) in [6.45, 7) is 2.57. The summed E-state index contributed by atoms with van der Waals surface area (Å²) >= 11 is 5.95. The molecule has 1 aliphatic heterocycles. The Hall–Kier alpha value is -3.03. The van der Waals surface area contributed by atoms with Crippen molar-refractivity contribution in [3.63, 3.8) is 0 Å². The van der Waals surface area contributed by atoms with Crippen LogP contribution in [0.1, 0.15) is 29.5 Å². The van der Waals surface area contributed by atoms with Crippen LogP contribution in [0.15, 0.2) is 45.6 Å². The predicted octanol–water partition coefficient (Wildman–Crippen LogP) is 3.82. The number of benzene rings is 2. The van der Waals surface area contributed by atoms with Gasteiger partial charge in [0.15, 0.2) is 11.3 Å². The van der Waals surface area contributed by atoms with E-state index in [-0.39, 0.29) is 12.3 Å². The molecule has 0 unspecified atom stereocenters. The third-order valence-electron chi connectivity index (χ3n) is 6.45. The van der Waals surface area contributed by atoms with E-state index in [0.29, 0.717) is 64.5 Å². The molecule has 1 aliphatic rings. The first-order chi connectivity index (χ1) is 15.8. The van der Waals surface area contributed by atoms with E-state index in [1.54, 1.807) is 36.1 Å². The van der Waals surface area contributed by atoms with E-state index in [0.717, 1.165) is 5.56 Å². The zero-order valence-electron chi connectivity index (χ0n) is 18.8. The van der Waals surface area contributed by atoms with E-state index in [1.807, 2.05) is 12.1 Å². The van der Waals surface area contributed by atoms with Gasteiger partial charge in [-0.05, 0) is 55.2 Å². The molecule has 1 N–H and O–H groups in total. The Labute approximate surface area is 196 Å². The Kier molecular flexibility index (Phi) is 6.36. The van der Waals surface area contributed by atoms with Crippen molar-refractivity contribution in [2.24, 2.45) is 0 Å². The number of aliphatic hydroxyl groups is 1. The lowest BCUT2D eigenvalue weighted by Gasteiger charge is -2.38. The van der Waals surface area contributed by atoms with Crippen LogP contribution in [0, 0.1) is 6.92 Å². The zero-order chi connectivity index (χ0) is 23.8. The molecule has 3 aromatic rings. The number of nitrogens with zero attached hydrogens (tertiary/aromatic N) is 1. The quantitative estimate of drug-likeness (QED) is 0.569. The summed E-state index contributed by atoms with van der Waals surface area (Å²) in [6, 6.07) is 10.6. The number of likely N-dealkylation sites (tertiary alicyclic amines) is 1. The first-order valence-corrected chi connectivity index (χ1v) is 11.1. The third-order valence-corrected chi connectivity index (χ3v) is 6.70. The number of piperidine rings is 1. The van der Waals surface area contributed by atoms with Crippen molar-refractivity contribution in [1.82, 2.24) is 4.90 Å². The summed E-state index contributed by atoms with van der Waals surface area (Å²) in [4.78, 5) is 27.5. The van der Waals surface area contributed by atoms with Crippen molar-refractivity contribution in [2.45, 2.75) is 31.8 Å². The van der Waals surface area contributed by atoms with E-state index in [1.165, 1.54) is 14.2 Å². The standard InChI is InChI=1S/C25H26ClNO6/c1-15-18-8-9-20(31-2)23(32-3)22(18)33-24(29)19(15)14-21(28)27-12-10-25(30,11-13-27)16-4-6-17(26)7-5-16/h4-9,30H,10-14H2,1-3H3. The molecule has 0 saturated carbocycles. The number of carbonyl (C=O) groups is 1. The van der Waals surface area contributed by atoms with Crippen molar-refractivity contribution in [1.29, 1.82) is 0 Å². The van der Waals surface area contributed by atoms with Gasteiger partial charge in [-0.1, -0.05) is 23.7 Å². The van der Waals surface area contributed by atoms with Gasteiger partial charge in [0.25, 0.3) is 0 Å². The molecule has 1 fully saturated rings. The van der Waals surface area contributed by atoms with Crippen molar-refractivity contribution in [3.8, 4) is 11.5 Å². The highest BCUT2D eigenvalue weighted by Crippen LogP contribution is 2.37. The van der Waals surface area contributed by atoms with Gasteiger partial charge in [0.2, 0.25) is 11.7 Å². The monoisotopic (exact) mass is 471 g/mol. The number of ether oxygens (including phenoxy) is 2. The van der Waals surface area contributed by atoms with E-state index < -0.39 is 11.2 Å². The van der Waals surface area contributed by atoms with Gasteiger partial charge in [0.1, 0.15) is 0 Å². The molecule has 1 amide bonds. The fraction of sp³-hybridized carbons (Fsp3) is 0.360. The third kappa shape index (κ3) is 4.30. The largest absolute Gasteiger partial charge is 0.493 e. The van der Waals surface area contributed by atoms with Crippen LogP contribution in [0.3, 0.4) is 0 Å². The average molecular weight is 472 g/mol. The molecule has 7 nitrogen and oxygen atoms in total. The molecule has 0 radical (unpaired) electrons. The lowest BCUT2D eigenvalue weighted by Crippen LogP contribution is -2.46. The Morgan fingerprint density at radius 1 is 1.12 bits per heavy atom. The number of halogens is 1. The molecule has 1 aromatic heterocycles. The van der Waals surface area contributed by atoms with Crippen molar-refractivity contribution in [3.05, 3.63) is 68.5 Å². The normalized spacial score (nSPS) is 15.5. The van der Waals surface area contributed by atoms with Gasteiger partial charge in [-0.15, -0.1) is 0 Å². The number of amides is 1. The smallest absolute Gasteiger partial charge is 0.340 e. The molecule has 1 saturated heterocycles. The first-order valence-electron chi connectivity index (χ1n) is 10.7. The van der Waals surface area contributed by atoms with Gasteiger partial charge >= 0.3 is 5.63 Å². The summed E-state index contributed by atoms with van der Waals surface area (Å²) in [5.74, 6) is 0.617. The second-order valence-corrected chi connectivity index (χ2v) is 8.70. The molecule has 2 heterocycles. The first kappa shape index (κ1) is 23.1. The molecule has 0 spiro atoms. The number of hydrogen-bond acceptors (Lipinski definition) is 6. The van der Waals surface area contributed by atoms with Crippen molar-refractivity contribution < 1.29 is 23.8 Å². The summed E-state index contributed by atoms with van der Waals surface area (Å²) in [5.41, 5.74) is 0.489. The molecule has 0 aliphatic carbocycles. The molecular weight excluding hydrogens is 446 g/mol. The van der Waals surface area contributed by atoms with Crippen LogP contribution in [-0.2, 0) is 16.8 Å². The fourth-order valence-corrected chi connectivity index (χ4v) is 4.53. The Bertz CT molecular complexity index is 1240. The van der Waals surface area contributed by atoms with Crippen LogP contribution in [0.4, 0.5) is 0 Å². The van der Waals surface area contributed by atoms with Gasteiger partial charge in [0, 0.05) is 23.5 Å². The van der Waals surface area contributed by atoms with Gasteiger partial charge in [-0.2, -0.15) is 0 Å².